The van der Waals surface area contributed by atoms with Crippen LogP contribution >= 0.6 is 0 Å². The highest BCUT2D eigenvalue weighted by molar-refractivity contribution is 4.97. The summed E-state index contributed by atoms with van der Waals surface area (Å²) in [5.74, 6) is 0. The van der Waals surface area contributed by atoms with Crippen LogP contribution < -0.4 is 0 Å². The molecule has 0 aliphatic carbocycles. The Morgan fingerprint density at radius 3 is 1.92 bits per heavy atom. The molecule has 0 radical (unpaired) electrons. The fourth-order valence-corrected chi connectivity index (χ4v) is 0.889. The standard InChI is InChI=1S/C8H10N4/c1-2-8(7-11)12(5-3-9)6-4-10/h8H,2,5-6H2,1H3/t8-/m0/s1. The SMILES string of the molecule is CC[C@@H](C#N)N(CC#N)CC#N. The molecule has 0 spiro atoms. The van der Waals surface area contributed by atoms with Gasteiger partial charge in [0.25, 0.3) is 0 Å². The lowest BCUT2D eigenvalue weighted by atomic mass is 10.2. The second-order valence-electron chi connectivity index (χ2n) is 2.27. The Morgan fingerprint density at radius 1 is 1.17 bits per heavy atom. The van der Waals surface area contributed by atoms with Crippen molar-refractivity contribution in [3.05, 3.63) is 0 Å². The van der Waals surface area contributed by atoms with Gasteiger partial charge in [-0.2, -0.15) is 15.8 Å². The van der Waals surface area contributed by atoms with Crippen LogP contribution in [0.3, 0.4) is 0 Å². The Balaban J connectivity index is 4.21. The molecule has 0 heterocycles. The molecule has 4 nitrogen and oxygen atoms in total. The van der Waals surface area contributed by atoms with Crippen LogP contribution in [0.15, 0.2) is 0 Å². The van der Waals surface area contributed by atoms with E-state index in [-0.39, 0.29) is 19.1 Å². The normalized spacial score (nSPS) is 11.2. The average molecular weight is 162 g/mol. The summed E-state index contributed by atoms with van der Waals surface area (Å²) in [4.78, 5) is 1.56. The first kappa shape index (κ1) is 10.4. The van der Waals surface area contributed by atoms with Crippen LogP contribution in [0.25, 0.3) is 0 Å². The molecular weight excluding hydrogens is 152 g/mol. The van der Waals surface area contributed by atoms with E-state index < -0.39 is 0 Å². The van der Waals surface area contributed by atoms with Gasteiger partial charge in [0, 0.05) is 0 Å². The molecule has 0 saturated carbocycles. The van der Waals surface area contributed by atoms with Gasteiger partial charge in [-0.15, -0.1) is 0 Å². The van der Waals surface area contributed by atoms with Crippen molar-refractivity contribution >= 4 is 0 Å². The van der Waals surface area contributed by atoms with Gasteiger partial charge in [0.05, 0.1) is 37.3 Å². The first-order valence-electron chi connectivity index (χ1n) is 3.67. The van der Waals surface area contributed by atoms with Crippen LogP contribution in [-0.4, -0.2) is 24.0 Å². The maximum Gasteiger partial charge on any atom is 0.0991 e. The Labute approximate surface area is 72.2 Å². The van der Waals surface area contributed by atoms with Crippen molar-refractivity contribution in [3.63, 3.8) is 0 Å². The molecule has 0 aromatic rings. The van der Waals surface area contributed by atoms with E-state index in [0.717, 1.165) is 0 Å². The fraction of sp³-hybridized carbons (Fsp3) is 0.625. The summed E-state index contributed by atoms with van der Waals surface area (Å²) in [5.41, 5.74) is 0. The predicted octanol–water partition coefficient (Wildman–Crippen LogP) is 0.638. The van der Waals surface area contributed by atoms with Gasteiger partial charge in [-0.3, -0.25) is 4.90 Å². The Hall–Kier alpha value is -1.57. The molecule has 0 aromatic carbocycles. The van der Waals surface area contributed by atoms with Crippen molar-refractivity contribution in [1.82, 2.24) is 4.90 Å². The van der Waals surface area contributed by atoms with Gasteiger partial charge in [-0.05, 0) is 6.42 Å². The Bertz CT molecular complexity index is 223. The topological polar surface area (TPSA) is 74.6 Å². The molecule has 0 aliphatic rings. The summed E-state index contributed by atoms with van der Waals surface area (Å²) in [6, 6.07) is 5.58. The van der Waals surface area contributed by atoms with Crippen molar-refractivity contribution in [2.75, 3.05) is 13.1 Å². The molecular formula is C8H10N4. The van der Waals surface area contributed by atoms with Crippen LogP contribution in [0.2, 0.25) is 0 Å². The predicted molar refractivity (Wildman–Crippen MR) is 42.5 cm³/mol. The third-order valence-electron chi connectivity index (χ3n) is 1.52. The molecule has 62 valence electrons. The lowest BCUT2D eigenvalue weighted by Crippen LogP contribution is -2.34. The Morgan fingerprint density at radius 2 is 1.67 bits per heavy atom. The molecule has 12 heavy (non-hydrogen) atoms. The minimum atomic E-state index is -0.315. The van der Waals surface area contributed by atoms with Crippen molar-refractivity contribution in [3.8, 4) is 18.2 Å². The minimum Gasteiger partial charge on any atom is -0.261 e. The molecule has 0 bridgehead atoms. The van der Waals surface area contributed by atoms with Gasteiger partial charge in [0.2, 0.25) is 0 Å². The zero-order valence-corrected chi connectivity index (χ0v) is 6.99. The van der Waals surface area contributed by atoms with Crippen molar-refractivity contribution < 1.29 is 0 Å². The van der Waals surface area contributed by atoms with Crippen LogP contribution in [0, 0.1) is 34.0 Å². The highest BCUT2D eigenvalue weighted by Gasteiger charge is 2.14. The molecule has 0 rings (SSSR count). The number of hydrogen-bond donors (Lipinski definition) is 0. The number of nitrogens with zero attached hydrogens (tertiary/aromatic N) is 4. The van der Waals surface area contributed by atoms with Gasteiger partial charge in [0.1, 0.15) is 0 Å². The van der Waals surface area contributed by atoms with Crippen molar-refractivity contribution in [2.24, 2.45) is 0 Å². The zero-order valence-electron chi connectivity index (χ0n) is 6.99. The third kappa shape index (κ3) is 3.01. The second-order valence-corrected chi connectivity index (χ2v) is 2.27. The Kier molecular flexibility index (Phi) is 5.35. The molecule has 0 unspecified atom stereocenters. The van der Waals surface area contributed by atoms with E-state index in [1.165, 1.54) is 0 Å². The van der Waals surface area contributed by atoms with Crippen LogP contribution in [0.1, 0.15) is 13.3 Å². The van der Waals surface area contributed by atoms with E-state index in [2.05, 4.69) is 0 Å². The lowest BCUT2D eigenvalue weighted by molar-refractivity contribution is 0.287. The molecule has 0 aromatic heterocycles. The van der Waals surface area contributed by atoms with Crippen LogP contribution in [0.5, 0.6) is 0 Å². The molecule has 0 amide bonds. The first-order valence-corrected chi connectivity index (χ1v) is 3.67. The minimum absolute atomic E-state index is 0.139. The van der Waals surface area contributed by atoms with Gasteiger partial charge in [-0.1, -0.05) is 6.92 Å². The van der Waals surface area contributed by atoms with Crippen molar-refractivity contribution in [1.29, 1.82) is 15.8 Å². The smallest absolute Gasteiger partial charge is 0.0991 e. The van der Waals surface area contributed by atoms with Crippen LogP contribution in [0.4, 0.5) is 0 Å². The summed E-state index contributed by atoms with van der Waals surface area (Å²) in [5, 5.41) is 25.4. The first-order chi connectivity index (χ1) is 5.79. The van der Waals surface area contributed by atoms with Crippen molar-refractivity contribution in [2.45, 2.75) is 19.4 Å². The van der Waals surface area contributed by atoms with E-state index in [9.17, 15) is 0 Å². The summed E-state index contributed by atoms with van der Waals surface area (Å²) in [6.07, 6.45) is 0.639. The van der Waals surface area contributed by atoms with E-state index >= 15 is 0 Å². The largest absolute Gasteiger partial charge is 0.261 e. The molecule has 0 N–H and O–H groups in total. The molecule has 1 atom stereocenters. The van der Waals surface area contributed by atoms with Gasteiger partial charge in [-0.25, -0.2) is 0 Å². The third-order valence-corrected chi connectivity index (χ3v) is 1.52. The summed E-state index contributed by atoms with van der Waals surface area (Å²) >= 11 is 0. The molecule has 0 saturated heterocycles. The van der Waals surface area contributed by atoms with E-state index in [0.29, 0.717) is 6.42 Å². The highest BCUT2D eigenvalue weighted by atomic mass is 15.1. The van der Waals surface area contributed by atoms with Gasteiger partial charge in [0.15, 0.2) is 0 Å². The van der Waals surface area contributed by atoms with Gasteiger partial charge >= 0.3 is 0 Å². The van der Waals surface area contributed by atoms with Crippen LogP contribution in [-0.2, 0) is 0 Å². The number of hydrogen-bond acceptors (Lipinski definition) is 4. The molecule has 0 aliphatic heterocycles. The maximum atomic E-state index is 8.64. The van der Waals surface area contributed by atoms with E-state index in [1.54, 1.807) is 4.90 Å². The van der Waals surface area contributed by atoms with E-state index in [1.807, 2.05) is 25.1 Å². The summed E-state index contributed by atoms with van der Waals surface area (Å²) in [6.45, 7) is 2.13. The number of nitriles is 3. The maximum absolute atomic E-state index is 8.64. The summed E-state index contributed by atoms with van der Waals surface area (Å²) < 4.78 is 0. The van der Waals surface area contributed by atoms with Gasteiger partial charge < -0.3 is 0 Å². The van der Waals surface area contributed by atoms with E-state index in [4.69, 9.17) is 15.8 Å². The quantitative estimate of drug-likeness (QED) is 0.568. The highest BCUT2D eigenvalue weighted by Crippen LogP contribution is 2.01. The number of rotatable bonds is 4. The fourth-order valence-electron chi connectivity index (χ4n) is 0.889. The summed E-state index contributed by atoms with van der Waals surface area (Å²) in [7, 11) is 0. The average Bonchev–Trinajstić information content (AvgIpc) is 2.07. The molecule has 4 heteroatoms. The monoisotopic (exact) mass is 162 g/mol. The lowest BCUT2D eigenvalue weighted by Gasteiger charge is -2.19. The zero-order chi connectivity index (χ0) is 9.40. The molecule has 0 fully saturated rings. The second kappa shape index (κ2) is 6.16.